The van der Waals surface area contributed by atoms with E-state index in [0.717, 1.165) is 5.56 Å². The molecule has 0 bridgehead atoms. The largest absolute Gasteiger partial charge is 0.492 e. The van der Waals surface area contributed by atoms with Crippen molar-refractivity contribution in [1.29, 1.82) is 0 Å². The van der Waals surface area contributed by atoms with Gasteiger partial charge in [-0.3, -0.25) is 4.79 Å². The highest BCUT2D eigenvalue weighted by Gasteiger charge is 2.30. The van der Waals surface area contributed by atoms with Crippen LogP contribution in [0.2, 0.25) is 0 Å². The van der Waals surface area contributed by atoms with Crippen molar-refractivity contribution < 1.29 is 19.4 Å². The zero-order valence-electron chi connectivity index (χ0n) is 11.7. The van der Waals surface area contributed by atoms with Crippen LogP contribution in [0.5, 0.6) is 11.5 Å². The first-order valence-electron chi connectivity index (χ1n) is 6.83. The van der Waals surface area contributed by atoms with Crippen LogP contribution >= 0.6 is 0 Å². The van der Waals surface area contributed by atoms with E-state index in [-0.39, 0.29) is 11.9 Å². The number of aliphatic hydroxyl groups excluding tert-OH is 1. The molecule has 2 aromatic rings. The summed E-state index contributed by atoms with van der Waals surface area (Å²) in [6.07, 6.45) is -0.637. The maximum atomic E-state index is 11.0. The Bertz CT molecular complexity index is 651. The van der Waals surface area contributed by atoms with Crippen molar-refractivity contribution in [1.82, 2.24) is 0 Å². The molecule has 3 rings (SSSR count). The highest BCUT2D eigenvalue weighted by molar-refractivity contribution is 5.69. The van der Waals surface area contributed by atoms with Gasteiger partial charge in [-0.15, -0.1) is 0 Å². The molecule has 108 valence electrons. The first kappa shape index (κ1) is 13.6. The topological polar surface area (TPSA) is 55.8 Å². The van der Waals surface area contributed by atoms with Gasteiger partial charge in [0.1, 0.15) is 11.5 Å². The Morgan fingerprint density at radius 1 is 1.24 bits per heavy atom. The van der Waals surface area contributed by atoms with Crippen LogP contribution in [-0.4, -0.2) is 17.7 Å². The Morgan fingerprint density at radius 3 is 2.71 bits per heavy atom. The number of hydrogen-bond donors (Lipinski definition) is 1. The van der Waals surface area contributed by atoms with E-state index in [1.807, 2.05) is 30.3 Å². The molecule has 2 atom stereocenters. The minimum absolute atomic E-state index is 0.0988. The van der Waals surface area contributed by atoms with Gasteiger partial charge in [0.15, 0.2) is 0 Å². The Balaban J connectivity index is 1.89. The summed E-state index contributed by atoms with van der Waals surface area (Å²) < 4.78 is 10.8. The highest BCUT2D eigenvalue weighted by atomic mass is 16.5. The van der Waals surface area contributed by atoms with Gasteiger partial charge in [-0.1, -0.05) is 30.3 Å². The quantitative estimate of drug-likeness (QED) is 0.680. The molecular weight excluding hydrogens is 268 g/mol. The van der Waals surface area contributed by atoms with E-state index in [1.54, 1.807) is 18.2 Å². The van der Waals surface area contributed by atoms with Crippen LogP contribution in [0.3, 0.4) is 0 Å². The van der Waals surface area contributed by atoms with E-state index in [9.17, 15) is 9.90 Å². The average molecular weight is 284 g/mol. The molecule has 0 saturated heterocycles. The molecule has 0 fully saturated rings. The Morgan fingerprint density at radius 2 is 2.00 bits per heavy atom. The molecule has 0 unspecified atom stereocenters. The first-order valence-corrected chi connectivity index (χ1v) is 6.83. The van der Waals surface area contributed by atoms with Gasteiger partial charge in [0.25, 0.3) is 0 Å². The molecule has 4 nitrogen and oxygen atoms in total. The molecule has 1 heterocycles. The lowest BCUT2D eigenvalue weighted by molar-refractivity contribution is -0.131. The molecule has 1 aliphatic heterocycles. The first-order chi connectivity index (χ1) is 10.1. The number of hydrogen-bond acceptors (Lipinski definition) is 4. The average Bonchev–Trinajstić information content (AvgIpc) is 2.48. The molecule has 1 aliphatic rings. The fourth-order valence-electron chi connectivity index (χ4n) is 2.58. The maximum Gasteiger partial charge on any atom is 0.308 e. The SMILES string of the molecule is CC(=O)Oc1ccc2c(c1)OC[C@H](c1ccccc1)[C@@H]2O. The van der Waals surface area contributed by atoms with Crippen LogP contribution < -0.4 is 9.47 Å². The van der Waals surface area contributed by atoms with Gasteiger partial charge in [0.2, 0.25) is 0 Å². The van der Waals surface area contributed by atoms with E-state index in [0.29, 0.717) is 23.7 Å². The van der Waals surface area contributed by atoms with Crippen molar-refractivity contribution in [2.24, 2.45) is 0 Å². The summed E-state index contributed by atoms with van der Waals surface area (Å²) >= 11 is 0. The van der Waals surface area contributed by atoms with E-state index in [2.05, 4.69) is 0 Å². The van der Waals surface area contributed by atoms with Crippen LogP contribution in [0.1, 0.15) is 30.1 Å². The number of carbonyl (C=O) groups is 1. The van der Waals surface area contributed by atoms with Gasteiger partial charge >= 0.3 is 5.97 Å². The van der Waals surface area contributed by atoms with Gasteiger partial charge < -0.3 is 14.6 Å². The van der Waals surface area contributed by atoms with Gasteiger partial charge in [0.05, 0.1) is 12.7 Å². The van der Waals surface area contributed by atoms with Gasteiger partial charge in [-0.05, 0) is 17.7 Å². The third kappa shape index (κ3) is 2.76. The molecule has 0 aliphatic carbocycles. The summed E-state index contributed by atoms with van der Waals surface area (Å²) in [6.45, 7) is 1.74. The number of fused-ring (bicyclic) bond motifs is 1. The van der Waals surface area contributed by atoms with Crippen LogP contribution in [0, 0.1) is 0 Å². The normalized spacial score (nSPS) is 20.3. The number of carbonyl (C=O) groups excluding carboxylic acids is 1. The van der Waals surface area contributed by atoms with Gasteiger partial charge in [-0.25, -0.2) is 0 Å². The molecule has 0 saturated carbocycles. The number of esters is 1. The summed E-state index contributed by atoms with van der Waals surface area (Å²) in [5.74, 6) is 0.506. The second-order valence-corrected chi connectivity index (χ2v) is 5.07. The lowest BCUT2D eigenvalue weighted by atomic mass is 9.87. The zero-order valence-corrected chi connectivity index (χ0v) is 11.7. The van der Waals surface area contributed by atoms with Gasteiger partial charge in [-0.2, -0.15) is 0 Å². The minimum atomic E-state index is -0.637. The number of aliphatic hydroxyl groups is 1. The molecule has 1 N–H and O–H groups in total. The highest BCUT2D eigenvalue weighted by Crippen LogP contribution is 2.41. The second kappa shape index (κ2) is 5.58. The van der Waals surface area contributed by atoms with Crippen LogP contribution in [-0.2, 0) is 4.79 Å². The van der Waals surface area contributed by atoms with Gasteiger partial charge in [0, 0.05) is 24.5 Å². The molecule has 2 aromatic carbocycles. The van der Waals surface area contributed by atoms with E-state index >= 15 is 0 Å². The lowest BCUT2D eigenvalue weighted by Crippen LogP contribution is -2.24. The van der Waals surface area contributed by atoms with E-state index in [4.69, 9.17) is 9.47 Å². The predicted octanol–water partition coefficient (Wildman–Crippen LogP) is 2.82. The molecule has 0 radical (unpaired) electrons. The molecule has 4 heteroatoms. The number of rotatable bonds is 2. The monoisotopic (exact) mass is 284 g/mol. The van der Waals surface area contributed by atoms with Crippen molar-refractivity contribution in [2.45, 2.75) is 18.9 Å². The van der Waals surface area contributed by atoms with Crippen LogP contribution in [0.4, 0.5) is 0 Å². The molecule has 0 aromatic heterocycles. The summed E-state index contributed by atoms with van der Waals surface area (Å²) in [5, 5.41) is 10.6. The third-order valence-corrected chi connectivity index (χ3v) is 3.59. The smallest absolute Gasteiger partial charge is 0.308 e. The lowest BCUT2D eigenvalue weighted by Gasteiger charge is -2.30. The van der Waals surface area contributed by atoms with Crippen LogP contribution in [0.15, 0.2) is 48.5 Å². The van der Waals surface area contributed by atoms with E-state index < -0.39 is 6.10 Å². The molecule has 0 amide bonds. The second-order valence-electron chi connectivity index (χ2n) is 5.07. The fraction of sp³-hybridized carbons (Fsp3) is 0.235. The van der Waals surface area contributed by atoms with Crippen molar-refractivity contribution in [3.8, 4) is 11.5 Å². The van der Waals surface area contributed by atoms with Crippen molar-refractivity contribution in [3.05, 3.63) is 59.7 Å². The van der Waals surface area contributed by atoms with Crippen LogP contribution in [0.25, 0.3) is 0 Å². The number of ether oxygens (including phenoxy) is 2. The standard InChI is InChI=1S/C17H16O4/c1-11(18)21-13-7-8-14-16(9-13)20-10-15(17(14)19)12-5-3-2-4-6-12/h2-9,15,17,19H,10H2,1H3/t15-,17-/m1/s1. The van der Waals surface area contributed by atoms with E-state index in [1.165, 1.54) is 6.92 Å². The Kier molecular flexibility index (Phi) is 3.62. The summed E-state index contributed by atoms with van der Waals surface area (Å²) in [4.78, 5) is 11.0. The summed E-state index contributed by atoms with van der Waals surface area (Å²) in [5.41, 5.74) is 1.76. The molecule has 21 heavy (non-hydrogen) atoms. The molecule has 0 spiro atoms. The van der Waals surface area contributed by atoms with Crippen molar-refractivity contribution in [3.63, 3.8) is 0 Å². The maximum absolute atomic E-state index is 11.0. The summed E-state index contributed by atoms with van der Waals surface area (Å²) in [6, 6.07) is 14.8. The molecular formula is C17H16O4. The third-order valence-electron chi connectivity index (χ3n) is 3.59. The number of benzene rings is 2. The Labute approximate surface area is 122 Å². The fourth-order valence-corrected chi connectivity index (χ4v) is 2.58. The van der Waals surface area contributed by atoms with Crippen molar-refractivity contribution >= 4 is 5.97 Å². The zero-order chi connectivity index (χ0) is 14.8. The predicted molar refractivity (Wildman–Crippen MR) is 77.4 cm³/mol. The summed E-state index contributed by atoms with van der Waals surface area (Å²) in [7, 11) is 0. The van der Waals surface area contributed by atoms with Crippen molar-refractivity contribution in [2.75, 3.05) is 6.61 Å². The minimum Gasteiger partial charge on any atom is -0.492 e. The Hall–Kier alpha value is -2.33.